The third kappa shape index (κ3) is 2.06. The van der Waals surface area contributed by atoms with E-state index in [0.29, 0.717) is 6.42 Å². The van der Waals surface area contributed by atoms with Crippen molar-refractivity contribution in [1.29, 1.82) is 0 Å². The van der Waals surface area contributed by atoms with E-state index in [9.17, 15) is 8.78 Å². The van der Waals surface area contributed by atoms with Crippen LogP contribution in [0.1, 0.15) is 6.42 Å². The fourth-order valence-electron chi connectivity index (χ4n) is 1.68. The molecular weight excluding hydrogens is 282 g/mol. The zero-order chi connectivity index (χ0) is 11.7. The molecule has 2 rings (SSSR count). The standard InChI is InChI=1S/C11H11BrF2O2/c1-15-11-6(12)5-9(11)16-8-4-2-3-7(13)10(8)14/h2-4,6,9,11H,5H2,1H3. The van der Waals surface area contributed by atoms with Crippen molar-refractivity contribution in [3.63, 3.8) is 0 Å². The van der Waals surface area contributed by atoms with E-state index in [2.05, 4.69) is 15.9 Å². The van der Waals surface area contributed by atoms with Gasteiger partial charge in [-0.25, -0.2) is 4.39 Å². The molecule has 2 nitrogen and oxygen atoms in total. The Bertz CT molecular complexity index is 386. The molecule has 0 bridgehead atoms. The number of halogens is 3. The molecule has 0 amide bonds. The maximum atomic E-state index is 13.3. The largest absolute Gasteiger partial charge is 0.484 e. The second-order valence-corrected chi connectivity index (χ2v) is 4.84. The Kier molecular flexibility index (Phi) is 3.44. The van der Waals surface area contributed by atoms with Crippen LogP contribution in [-0.4, -0.2) is 24.1 Å². The van der Waals surface area contributed by atoms with E-state index >= 15 is 0 Å². The summed E-state index contributed by atoms with van der Waals surface area (Å²) in [5.74, 6) is -1.91. The summed E-state index contributed by atoms with van der Waals surface area (Å²) in [5, 5.41) is 0. The highest BCUT2D eigenvalue weighted by molar-refractivity contribution is 9.09. The van der Waals surface area contributed by atoms with Gasteiger partial charge in [-0.3, -0.25) is 0 Å². The normalized spacial score (nSPS) is 28.6. The molecule has 16 heavy (non-hydrogen) atoms. The molecule has 0 heterocycles. The van der Waals surface area contributed by atoms with Gasteiger partial charge in [-0.15, -0.1) is 0 Å². The molecule has 0 aliphatic heterocycles. The lowest BCUT2D eigenvalue weighted by Gasteiger charge is -2.40. The fourth-order valence-corrected chi connectivity index (χ4v) is 2.60. The minimum Gasteiger partial charge on any atom is -0.484 e. The number of rotatable bonds is 3. The third-order valence-electron chi connectivity index (χ3n) is 2.65. The van der Waals surface area contributed by atoms with Crippen molar-refractivity contribution >= 4 is 15.9 Å². The van der Waals surface area contributed by atoms with Gasteiger partial charge in [0.25, 0.3) is 0 Å². The maximum Gasteiger partial charge on any atom is 0.200 e. The van der Waals surface area contributed by atoms with Crippen LogP contribution < -0.4 is 4.74 Å². The van der Waals surface area contributed by atoms with Gasteiger partial charge in [0.1, 0.15) is 12.2 Å². The van der Waals surface area contributed by atoms with Crippen LogP contribution in [0.3, 0.4) is 0 Å². The number of hydrogen-bond donors (Lipinski definition) is 0. The van der Waals surface area contributed by atoms with E-state index < -0.39 is 11.6 Å². The molecule has 1 aromatic rings. The van der Waals surface area contributed by atoms with E-state index in [1.165, 1.54) is 12.1 Å². The number of alkyl halides is 1. The minimum absolute atomic E-state index is 0.0635. The second kappa shape index (κ2) is 4.67. The zero-order valence-electron chi connectivity index (χ0n) is 8.62. The molecule has 0 spiro atoms. The van der Waals surface area contributed by atoms with Crippen LogP contribution in [0.5, 0.6) is 5.75 Å². The average molecular weight is 293 g/mol. The first-order valence-electron chi connectivity index (χ1n) is 4.91. The average Bonchev–Trinajstić information content (AvgIpc) is 2.24. The van der Waals surface area contributed by atoms with E-state index in [-0.39, 0.29) is 22.8 Å². The molecule has 5 heteroatoms. The van der Waals surface area contributed by atoms with Gasteiger partial charge in [0.2, 0.25) is 5.82 Å². The van der Waals surface area contributed by atoms with Gasteiger partial charge in [-0.1, -0.05) is 22.0 Å². The fraction of sp³-hybridized carbons (Fsp3) is 0.455. The number of benzene rings is 1. The van der Waals surface area contributed by atoms with Crippen LogP contribution in [0.25, 0.3) is 0 Å². The molecule has 1 aliphatic carbocycles. The summed E-state index contributed by atoms with van der Waals surface area (Å²) in [6.45, 7) is 0. The van der Waals surface area contributed by atoms with Crippen molar-refractivity contribution in [2.24, 2.45) is 0 Å². The number of ether oxygens (including phenoxy) is 2. The minimum atomic E-state index is -0.949. The lowest BCUT2D eigenvalue weighted by molar-refractivity contribution is -0.0559. The Morgan fingerprint density at radius 2 is 2.12 bits per heavy atom. The second-order valence-electron chi connectivity index (χ2n) is 3.66. The summed E-state index contributed by atoms with van der Waals surface area (Å²) in [6, 6.07) is 3.89. The summed E-state index contributed by atoms with van der Waals surface area (Å²) in [7, 11) is 1.57. The van der Waals surface area contributed by atoms with Crippen molar-refractivity contribution in [1.82, 2.24) is 0 Å². The first kappa shape index (κ1) is 11.8. The summed E-state index contributed by atoms with van der Waals surface area (Å²) in [5.41, 5.74) is 0. The molecule has 1 aromatic carbocycles. The van der Waals surface area contributed by atoms with Gasteiger partial charge in [0, 0.05) is 18.4 Å². The lowest BCUT2D eigenvalue weighted by atomic mass is 9.91. The van der Waals surface area contributed by atoms with Gasteiger partial charge in [0.05, 0.1) is 0 Å². The first-order chi connectivity index (χ1) is 7.63. The van der Waals surface area contributed by atoms with Crippen molar-refractivity contribution in [2.45, 2.75) is 23.5 Å². The molecule has 3 atom stereocenters. The van der Waals surface area contributed by atoms with Crippen LogP contribution in [0.15, 0.2) is 18.2 Å². The van der Waals surface area contributed by atoms with Crippen molar-refractivity contribution in [2.75, 3.05) is 7.11 Å². The molecule has 0 saturated heterocycles. The highest BCUT2D eigenvalue weighted by atomic mass is 79.9. The van der Waals surface area contributed by atoms with Gasteiger partial charge in [-0.2, -0.15) is 4.39 Å². The molecule has 1 aliphatic rings. The quantitative estimate of drug-likeness (QED) is 0.798. The predicted molar refractivity (Wildman–Crippen MR) is 58.9 cm³/mol. The highest BCUT2D eigenvalue weighted by Crippen LogP contribution is 2.34. The van der Waals surface area contributed by atoms with Gasteiger partial charge >= 0.3 is 0 Å². The van der Waals surface area contributed by atoms with Crippen molar-refractivity contribution in [3.8, 4) is 5.75 Å². The van der Waals surface area contributed by atoms with Gasteiger partial charge in [0.15, 0.2) is 11.6 Å². The van der Waals surface area contributed by atoms with Crippen LogP contribution in [-0.2, 0) is 4.74 Å². The smallest absolute Gasteiger partial charge is 0.200 e. The van der Waals surface area contributed by atoms with Crippen molar-refractivity contribution < 1.29 is 18.3 Å². The Hall–Kier alpha value is -0.680. The van der Waals surface area contributed by atoms with E-state index in [1.807, 2.05) is 0 Å². The molecule has 0 aromatic heterocycles. The molecule has 0 N–H and O–H groups in total. The molecule has 88 valence electrons. The molecular formula is C11H11BrF2O2. The molecule has 1 saturated carbocycles. The molecule has 3 unspecified atom stereocenters. The van der Waals surface area contributed by atoms with Crippen molar-refractivity contribution in [3.05, 3.63) is 29.8 Å². The lowest BCUT2D eigenvalue weighted by Crippen LogP contribution is -2.52. The Balaban J connectivity index is 2.07. The predicted octanol–water partition coefficient (Wildman–Crippen LogP) is 2.89. The number of methoxy groups -OCH3 is 1. The van der Waals surface area contributed by atoms with Gasteiger partial charge < -0.3 is 9.47 Å². The highest BCUT2D eigenvalue weighted by Gasteiger charge is 2.42. The SMILES string of the molecule is COC1C(Br)CC1Oc1cccc(F)c1F. The van der Waals surface area contributed by atoms with Crippen LogP contribution in [0.4, 0.5) is 8.78 Å². The third-order valence-corrected chi connectivity index (χ3v) is 3.54. The Labute approximate surface area is 101 Å². The Morgan fingerprint density at radius 1 is 1.38 bits per heavy atom. The maximum absolute atomic E-state index is 13.3. The topological polar surface area (TPSA) is 18.5 Å². The molecule has 0 radical (unpaired) electrons. The van der Waals surface area contributed by atoms with E-state index in [4.69, 9.17) is 9.47 Å². The zero-order valence-corrected chi connectivity index (χ0v) is 10.2. The van der Waals surface area contributed by atoms with Crippen LogP contribution in [0, 0.1) is 11.6 Å². The Morgan fingerprint density at radius 3 is 2.75 bits per heavy atom. The monoisotopic (exact) mass is 292 g/mol. The first-order valence-corrected chi connectivity index (χ1v) is 5.82. The number of hydrogen-bond acceptors (Lipinski definition) is 2. The van der Waals surface area contributed by atoms with E-state index in [0.717, 1.165) is 6.07 Å². The summed E-state index contributed by atoms with van der Waals surface area (Å²) >= 11 is 3.40. The van der Waals surface area contributed by atoms with Gasteiger partial charge in [-0.05, 0) is 12.1 Å². The summed E-state index contributed by atoms with van der Waals surface area (Å²) < 4.78 is 36.7. The summed E-state index contributed by atoms with van der Waals surface area (Å²) in [4.78, 5) is 0.208. The summed E-state index contributed by atoms with van der Waals surface area (Å²) in [6.07, 6.45) is 0.363. The molecule has 1 fully saturated rings. The van der Waals surface area contributed by atoms with Crippen LogP contribution >= 0.6 is 15.9 Å². The van der Waals surface area contributed by atoms with Crippen LogP contribution in [0.2, 0.25) is 0 Å². The van der Waals surface area contributed by atoms with E-state index in [1.54, 1.807) is 7.11 Å².